The normalized spacial score (nSPS) is 19.5. The highest BCUT2D eigenvalue weighted by Gasteiger charge is 2.24. The Bertz CT molecular complexity index is 972. The van der Waals surface area contributed by atoms with Gasteiger partial charge in [-0.1, -0.05) is 61.0 Å². The van der Waals surface area contributed by atoms with Gasteiger partial charge < -0.3 is 4.74 Å². The lowest BCUT2D eigenvalue weighted by molar-refractivity contribution is 0.0734. The monoisotopic (exact) mass is 432 g/mol. The van der Waals surface area contributed by atoms with E-state index in [4.69, 9.17) is 16.3 Å². The number of halogens is 1. The van der Waals surface area contributed by atoms with Gasteiger partial charge in [-0.25, -0.2) is 4.79 Å². The Hall–Kier alpha value is -2.58. The summed E-state index contributed by atoms with van der Waals surface area (Å²) in [5, 5.41) is 0.619. The summed E-state index contributed by atoms with van der Waals surface area (Å²) in [5.74, 6) is 2.17. The summed E-state index contributed by atoms with van der Waals surface area (Å²) >= 11 is 5.88. The number of esters is 1. The Labute approximate surface area is 190 Å². The standard InChI is InChI=1S/C28H29ClO2/c1-20(22-5-3-2-4-6-22)19-21-7-9-23(10-8-21)24-11-13-25(14-12-24)28(30)31-27-17-15-26(29)16-18-27/h2-6,11-18,20-21,23H,7-10,19H2,1H3/t20-,21?,23?/m1/s1. The van der Waals surface area contributed by atoms with E-state index in [2.05, 4.69) is 49.4 Å². The minimum atomic E-state index is -0.340. The van der Waals surface area contributed by atoms with Crippen LogP contribution in [-0.2, 0) is 0 Å². The molecule has 1 saturated carbocycles. The molecule has 0 N–H and O–H groups in total. The predicted molar refractivity (Wildman–Crippen MR) is 127 cm³/mol. The van der Waals surface area contributed by atoms with Gasteiger partial charge in [0.05, 0.1) is 5.56 Å². The van der Waals surface area contributed by atoms with Gasteiger partial charge in [0.15, 0.2) is 0 Å². The number of rotatable bonds is 6. The van der Waals surface area contributed by atoms with E-state index in [9.17, 15) is 4.79 Å². The summed E-state index contributed by atoms with van der Waals surface area (Å²) in [6.07, 6.45) is 6.28. The van der Waals surface area contributed by atoms with Gasteiger partial charge >= 0.3 is 5.97 Å². The van der Waals surface area contributed by atoms with Gasteiger partial charge in [0, 0.05) is 5.02 Å². The molecule has 1 aliphatic carbocycles. The molecule has 4 rings (SSSR count). The van der Waals surface area contributed by atoms with Crippen molar-refractivity contribution in [1.82, 2.24) is 0 Å². The molecule has 0 amide bonds. The van der Waals surface area contributed by atoms with Gasteiger partial charge in [-0.05, 0) is 97.4 Å². The Morgan fingerprint density at radius 2 is 1.55 bits per heavy atom. The van der Waals surface area contributed by atoms with Crippen LogP contribution >= 0.6 is 11.6 Å². The molecule has 3 heteroatoms. The van der Waals surface area contributed by atoms with Gasteiger partial charge in [-0.3, -0.25) is 0 Å². The smallest absolute Gasteiger partial charge is 0.343 e. The zero-order valence-corrected chi connectivity index (χ0v) is 18.7. The van der Waals surface area contributed by atoms with E-state index >= 15 is 0 Å². The molecule has 0 unspecified atom stereocenters. The van der Waals surface area contributed by atoms with Crippen LogP contribution in [0.3, 0.4) is 0 Å². The number of hydrogen-bond acceptors (Lipinski definition) is 2. The molecule has 1 atom stereocenters. The molecule has 0 spiro atoms. The topological polar surface area (TPSA) is 26.3 Å². The summed E-state index contributed by atoms with van der Waals surface area (Å²) in [6.45, 7) is 2.35. The molecule has 0 radical (unpaired) electrons. The first-order chi connectivity index (χ1) is 15.1. The molecule has 1 fully saturated rings. The van der Waals surface area contributed by atoms with Crippen LogP contribution in [0.2, 0.25) is 5.02 Å². The SMILES string of the molecule is C[C@H](CC1CCC(c2ccc(C(=O)Oc3ccc(Cl)cc3)cc2)CC1)c1ccccc1. The van der Waals surface area contributed by atoms with E-state index in [1.54, 1.807) is 24.3 Å². The molecule has 31 heavy (non-hydrogen) atoms. The van der Waals surface area contributed by atoms with Crippen molar-refractivity contribution in [2.75, 3.05) is 0 Å². The third-order valence-corrected chi connectivity index (χ3v) is 6.80. The van der Waals surface area contributed by atoms with Gasteiger partial charge in [0.25, 0.3) is 0 Å². The summed E-state index contributed by atoms with van der Waals surface area (Å²) < 4.78 is 5.43. The summed E-state index contributed by atoms with van der Waals surface area (Å²) in [7, 11) is 0. The zero-order chi connectivity index (χ0) is 21.6. The van der Waals surface area contributed by atoms with Gasteiger partial charge in [0.2, 0.25) is 0 Å². The number of carbonyl (C=O) groups is 1. The molecule has 0 heterocycles. The van der Waals surface area contributed by atoms with Crippen LogP contribution in [0.5, 0.6) is 5.75 Å². The van der Waals surface area contributed by atoms with Crippen LogP contribution in [0, 0.1) is 5.92 Å². The van der Waals surface area contributed by atoms with Crippen LogP contribution in [0.15, 0.2) is 78.9 Å². The van der Waals surface area contributed by atoms with E-state index in [0.717, 1.165) is 5.92 Å². The Balaban J connectivity index is 1.29. The van der Waals surface area contributed by atoms with Crippen LogP contribution in [-0.4, -0.2) is 5.97 Å². The summed E-state index contributed by atoms with van der Waals surface area (Å²) in [4.78, 5) is 12.4. The zero-order valence-electron chi connectivity index (χ0n) is 18.0. The van der Waals surface area contributed by atoms with Crippen molar-refractivity contribution in [1.29, 1.82) is 0 Å². The third-order valence-electron chi connectivity index (χ3n) is 6.54. The van der Waals surface area contributed by atoms with Crippen molar-refractivity contribution in [3.8, 4) is 5.75 Å². The van der Waals surface area contributed by atoms with Crippen molar-refractivity contribution < 1.29 is 9.53 Å². The van der Waals surface area contributed by atoms with Crippen molar-refractivity contribution in [2.45, 2.75) is 50.9 Å². The number of ether oxygens (including phenoxy) is 1. The lowest BCUT2D eigenvalue weighted by atomic mass is 9.75. The fourth-order valence-corrected chi connectivity index (χ4v) is 4.84. The van der Waals surface area contributed by atoms with E-state index in [0.29, 0.717) is 28.2 Å². The van der Waals surface area contributed by atoms with Crippen LogP contribution in [0.25, 0.3) is 0 Å². The molecule has 3 aromatic carbocycles. The Morgan fingerprint density at radius 1 is 0.903 bits per heavy atom. The third kappa shape index (κ3) is 5.77. The van der Waals surface area contributed by atoms with Crippen LogP contribution < -0.4 is 4.74 Å². The highest BCUT2D eigenvalue weighted by atomic mass is 35.5. The first-order valence-electron chi connectivity index (χ1n) is 11.2. The molecule has 1 aliphatic rings. The second-order valence-electron chi connectivity index (χ2n) is 8.73. The maximum atomic E-state index is 12.4. The maximum Gasteiger partial charge on any atom is 0.343 e. The second-order valence-corrected chi connectivity index (χ2v) is 9.17. The van der Waals surface area contributed by atoms with E-state index in [1.165, 1.54) is 43.2 Å². The Morgan fingerprint density at radius 3 is 2.19 bits per heavy atom. The molecule has 0 aromatic heterocycles. The Kier molecular flexibility index (Phi) is 7.09. The molecule has 2 nitrogen and oxygen atoms in total. The average Bonchev–Trinajstić information content (AvgIpc) is 2.82. The molecule has 0 aliphatic heterocycles. The van der Waals surface area contributed by atoms with Crippen molar-refractivity contribution >= 4 is 17.6 Å². The average molecular weight is 433 g/mol. The largest absolute Gasteiger partial charge is 0.423 e. The number of carbonyl (C=O) groups excluding carboxylic acids is 1. The summed E-state index contributed by atoms with van der Waals surface area (Å²) in [6, 6.07) is 25.6. The van der Waals surface area contributed by atoms with Crippen molar-refractivity contribution in [3.63, 3.8) is 0 Å². The van der Waals surface area contributed by atoms with Crippen LogP contribution in [0.1, 0.15) is 72.3 Å². The quantitative estimate of drug-likeness (QED) is 0.291. The van der Waals surface area contributed by atoms with Crippen molar-refractivity contribution in [2.24, 2.45) is 5.92 Å². The highest BCUT2D eigenvalue weighted by molar-refractivity contribution is 6.30. The summed E-state index contributed by atoms with van der Waals surface area (Å²) in [5.41, 5.74) is 3.35. The lowest BCUT2D eigenvalue weighted by Gasteiger charge is -2.30. The molecule has 3 aromatic rings. The van der Waals surface area contributed by atoms with E-state index < -0.39 is 0 Å². The van der Waals surface area contributed by atoms with Gasteiger partial charge in [-0.15, -0.1) is 0 Å². The fraction of sp³-hybridized carbons (Fsp3) is 0.321. The van der Waals surface area contributed by atoms with E-state index in [-0.39, 0.29) is 5.97 Å². The predicted octanol–water partition coefficient (Wildman–Crippen LogP) is 8.03. The molecule has 0 bridgehead atoms. The lowest BCUT2D eigenvalue weighted by Crippen LogP contribution is -2.15. The minimum Gasteiger partial charge on any atom is -0.423 e. The first-order valence-corrected chi connectivity index (χ1v) is 11.6. The first kappa shape index (κ1) is 21.6. The molecular weight excluding hydrogens is 404 g/mol. The second kappa shape index (κ2) is 10.2. The fourth-order valence-electron chi connectivity index (χ4n) is 4.71. The number of benzene rings is 3. The molecule has 0 saturated heterocycles. The maximum absolute atomic E-state index is 12.4. The number of hydrogen-bond donors (Lipinski definition) is 0. The van der Waals surface area contributed by atoms with E-state index in [1.807, 2.05) is 12.1 Å². The molecular formula is C28H29ClO2. The molecule has 160 valence electrons. The highest BCUT2D eigenvalue weighted by Crippen LogP contribution is 2.39. The van der Waals surface area contributed by atoms with Gasteiger partial charge in [-0.2, -0.15) is 0 Å². The van der Waals surface area contributed by atoms with Gasteiger partial charge in [0.1, 0.15) is 5.75 Å². The minimum absolute atomic E-state index is 0.340. The van der Waals surface area contributed by atoms with Crippen molar-refractivity contribution in [3.05, 3.63) is 101 Å². The van der Waals surface area contributed by atoms with Crippen LogP contribution in [0.4, 0.5) is 0 Å².